The maximum atomic E-state index is 13.2. The molecule has 23 heavy (non-hydrogen) atoms. The van der Waals surface area contributed by atoms with Crippen molar-refractivity contribution in [3.8, 4) is 0 Å². The number of nitrogens with zero attached hydrogens (tertiary/aromatic N) is 2. The van der Waals surface area contributed by atoms with Crippen LogP contribution < -0.4 is 0 Å². The number of aromatic nitrogens is 2. The van der Waals surface area contributed by atoms with E-state index >= 15 is 0 Å². The highest BCUT2D eigenvalue weighted by atomic mass is 19.2. The van der Waals surface area contributed by atoms with Crippen molar-refractivity contribution in [2.45, 2.75) is 31.6 Å². The standard InChI is InChI=1S/C17H19F2N3O/c18-14-3-1-12(11-15(14)19)2-4-16(23)22-9-5-13(6-10-22)17-20-7-8-21-17/h1,3,7-8,11,13H,2,4-6,9-10H2,(H,20,21). The third-order valence-electron chi connectivity index (χ3n) is 4.37. The lowest BCUT2D eigenvalue weighted by Crippen LogP contribution is -2.38. The first-order valence-electron chi connectivity index (χ1n) is 7.84. The van der Waals surface area contributed by atoms with E-state index < -0.39 is 11.6 Å². The Morgan fingerprint density at radius 2 is 2.04 bits per heavy atom. The van der Waals surface area contributed by atoms with E-state index in [1.54, 1.807) is 6.20 Å². The maximum absolute atomic E-state index is 13.2. The first-order chi connectivity index (χ1) is 11.1. The smallest absolute Gasteiger partial charge is 0.222 e. The van der Waals surface area contributed by atoms with E-state index in [1.165, 1.54) is 6.07 Å². The van der Waals surface area contributed by atoms with Gasteiger partial charge in [-0.3, -0.25) is 4.79 Å². The molecule has 1 fully saturated rings. The van der Waals surface area contributed by atoms with Gasteiger partial charge in [-0.25, -0.2) is 13.8 Å². The summed E-state index contributed by atoms with van der Waals surface area (Å²) in [4.78, 5) is 21.5. The molecular formula is C17H19F2N3O. The minimum atomic E-state index is -0.866. The Balaban J connectivity index is 1.48. The number of aromatic amines is 1. The molecule has 1 aliphatic heterocycles. The highest BCUT2D eigenvalue weighted by Crippen LogP contribution is 2.25. The first-order valence-corrected chi connectivity index (χ1v) is 7.84. The predicted octanol–water partition coefficient (Wildman–Crippen LogP) is 3.03. The topological polar surface area (TPSA) is 49.0 Å². The lowest BCUT2D eigenvalue weighted by atomic mass is 9.95. The average molecular weight is 319 g/mol. The summed E-state index contributed by atoms with van der Waals surface area (Å²) >= 11 is 0. The molecule has 0 unspecified atom stereocenters. The molecule has 3 rings (SSSR count). The number of likely N-dealkylation sites (tertiary alicyclic amines) is 1. The molecule has 0 saturated carbocycles. The predicted molar refractivity (Wildman–Crippen MR) is 81.8 cm³/mol. The third-order valence-corrected chi connectivity index (χ3v) is 4.37. The molecule has 2 aromatic rings. The number of halogens is 2. The molecule has 1 aromatic heterocycles. The quantitative estimate of drug-likeness (QED) is 0.942. The van der Waals surface area contributed by atoms with Crippen LogP contribution in [0.2, 0.25) is 0 Å². The van der Waals surface area contributed by atoms with E-state index in [2.05, 4.69) is 9.97 Å². The van der Waals surface area contributed by atoms with Crippen LogP contribution in [0.3, 0.4) is 0 Å². The van der Waals surface area contributed by atoms with Crippen molar-refractivity contribution < 1.29 is 13.6 Å². The van der Waals surface area contributed by atoms with Gasteiger partial charge in [0.05, 0.1) is 0 Å². The first kappa shape index (κ1) is 15.6. The van der Waals surface area contributed by atoms with Gasteiger partial charge in [-0.2, -0.15) is 0 Å². The number of hydrogen-bond acceptors (Lipinski definition) is 2. The van der Waals surface area contributed by atoms with Crippen molar-refractivity contribution in [3.05, 3.63) is 53.6 Å². The number of piperidine rings is 1. The molecule has 0 bridgehead atoms. The normalized spacial score (nSPS) is 15.8. The van der Waals surface area contributed by atoms with Gasteiger partial charge in [-0.15, -0.1) is 0 Å². The molecule has 1 aromatic carbocycles. The van der Waals surface area contributed by atoms with E-state index in [1.807, 2.05) is 11.1 Å². The molecule has 1 N–H and O–H groups in total. The second-order valence-corrected chi connectivity index (χ2v) is 5.88. The van der Waals surface area contributed by atoms with Crippen molar-refractivity contribution in [2.24, 2.45) is 0 Å². The molecule has 4 nitrogen and oxygen atoms in total. The van der Waals surface area contributed by atoms with Crippen LogP contribution in [0.4, 0.5) is 8.78 Å². The Bertz CT molecular complexity index is 664. The molecule has 6 heteroatoms. The fourth-order valence-electron chi connectivity index (χ4n) is 3.01. The van der Waals surface area contributed by atoms with E-state index in [0.29, 0.717) is 37.4 Å². The van der Waals surface area contributed by atoms with Crippen molar-refractivity contribution in [1.29, 1.82) is 0 Å². The number of hydrogen-bond donors (Lipinski definition) is 1. The molecule has 2 heterocycles. The second kappa shape index (κ2) is 6.89. The van der Waals surface area contributed by atoms with E-state index in [4.69, 9.17) is 0 Å². The molecule has 1 aliphatic rings. The number of rotatable bonds is 4. The van der Waals surface area contributed by atoms with Crippen LogP contribution in [0.1, 0.15) is 36.6 Å². The molecule has 1 amide bonds. The summed E-state index contributed by atoms with van der Waals surface area (Å²) in [5.74, 6) is -0.305. The highest BCUT2D eigenvalue weighted by Gasteiger charge is 2.24. The van der Waals surface area contributed by atoms with Crippen molar-refractivity contribution in [3.63, 3.8) is 0 Å². The summed E-state index contributed by atoms with van der Waals surface area (Å²) in [5, 5.41) is 0. The Morgan fingerprint density at radius 3 is 2.70 bits per heavy atom. The number of H-pyrrole nitrogens is 1. The number of benzene rings is 1. The summed E-state index contributed by atoms with van der Waals surface area (Å²) in [7, 11) is 0. The zero-order valence-corrected chi connectivity index (χ0v) is 12.8. The molecule has 0 spiro atoms. The van der Waals surface area contributed by atoms with Gasteiger partial charge in [0.2, 0.25) is 5.91 Å². The monoisotopic (exact) mass is 319 g/mol. The van der Waals surface area contributed by atoms with Gasteiger partial charge < -0.3 is 9.88 Å². The van der Waals surface area contributed by atoms with Crippen molar-refractivity contribution >= 4 is 5.91 Å². The molecule has 0 atom stereocenters. The Hall–Kier alpha value is -2.24. The Kier molecular flexibility index (Phi) is 4.69. The summed E-state index contributed by atoms with van der Waals surface area (Å²) < 4.78 is 26.0. The minimum Gasteiger partial charge on any atom is -0.348 e. The van der Waals surface area contributed by atoms with Crippen molar-refractivity contribution in [1.82, 2.24) is 14.9 Å². The van der Waals surface area contributed by atoms with Crippen molar-refractivity contribution in [2.75, 3.05) is 13.1 Å². The largest absolute Gasteiger partial charge is 0.348 e. The van der Waals surface area contributed by atoms with E-state index in [0.717, 1.165) is 30.8 Å². The second-order valence-electron chi connectivity index (χ2n) is 5.88. The summed E-state index contributed by atoms with van der Waals surface area (Å²) in [6.45, 7) is 1.42. The van der Waals surface area contributed by atoms with Crippen LogP contribution >= 0.6 is 0 Å². The van der Waals surface area contributed by atoms with Gasteiger partial charge in [0, 0.05) is 37.8 Å². The Labute approximate surface area is 133 Å². The van der Waals surface area contributed by atoms with Gasteiger partial charge in [-0.05, 0) is 37.0 Å². The van der Waals surface area contributed by atoms with Crippen LogP contribution in [0.5, 0.6) is 0 Å². The molecule has 1 saturated heterocycles. The lowest BCUT2D eigenvalue weighted by molar-refractivity contribution is -0.132. The van der Waals surface area contributed by atoms with Gasteiger partial charge in [0.25, 0.3) is 0 Å². The molecule has 0 radical (unpaired) electrons. The highest BCUT2D eigenvalue weighted by molar-refractivity contribution is 5.76. The van der Waals surface area contributed by atoms with Gasteiger partial charge in [-0.1, -0.05) is 6.07 Å². The van der Waals surface area contributed by atoms with E-state index in [-0.39, 0.29) is 5.91 Å². The SMILES string of the molecule is O=C(CCc1ccc(F)c(F)c1)N1CCC(c2ncc[nH]2)CC1. The van der Waals surface area contributed by atoms with Crippen LogP contribution in [0, 0.1) is 11.6 Å². The summed E-state index contributed by atoms with van der Waals surface area (Å²) in [6, 6.07) is 3.78. The molecular weight excluding hydrogens is 300 g/mol. The number of carbonyl (C=O) groups excluding carboxylic acids is 1. The number of amides is 1. The fraction of sp³-hybridized carbons (Fsp3) is 0.412. The number of imidazole rings is 1. The van der Waals surface area contributed by atoms with Crippen LogP contribution in [-0.4, -0.2) is 33.9 Å². The van der Waals surface area contributed by atoms with Gasteiger partial charge >= 0.3 is 0 Å². The summed E-state index contributed by atoms with van der Waals surface area (Å²) in [6.07, 6.45) is 6.09. The average Bonchev–Trinajstić information content (AvgIpc) is 3.10. The van der Waals surface area contributed by atoms with Crippen LogP contribution in [-0.2, 0) is 11.2 Å². The minimum absolute atomic E-state index is 0.0626. The zero-order chi connectivity index (χ0) is 16.2. The molecule has 0 aliphatic carbocycles. The number of nitrogens with one attached hydrogen (secondary N) is 1. The number of carbonyl (C=O) groups is 1. The maximum Gasteiger partial charge on any atom is 0.222 e. The van der Waals surface area contributed by atoms with E-state index in [9.17, 15) is 13.6 Å². The number of aryl methyl sites for hydroxylation is 1. The van der Waals surface area contributed by atoms with Gasteiger partial charge in [0.1, 0.15) is 5.82 Å². The molecule has 122 valence electrons. The fourth-order valence-corrected chi connectivity index (χ4v) is 3.01. The van der Waals surface area contributed by atoms with Crippen LogP contribution in [0.25, 0.3) is 0 Å². The Morgan fingerprint density at radius 1 is 1.26 bits per heavy atom. The lowest BCUT2D eigenvalue weighted by Gasteiger charge is -2.31. The third kappa shape index (κ3) is 3.75. The zero-order valence-electron chi connectivity index (χ0n) is 12.8. The summed E-state index contributed by atoms with van der Waals surface area (Å²) in [5.41, 5.74) is 0.641. The van der Waals surface area contributed by atoms with Gasteiger partial charge in [0.15, 0.2) is 11.6 Å². The van der Waals surface area contributed by atoms with Crippen LogP contribution in [0.15, 0.2) is 30.6 Å².